The molecule has 4 nitrogen and oxygen atoms in total. The number of hydrogen-bond donors (Lipinski definition) is 1. The molecular formula is C14H22N2O2S. The van der Waals surface area contributed by atoms with Crippen LogP contribution < -0.4 is 15.2 Å². The van der Waals surface area contributed by atoms with Crippen LogP contribution in [-0.4, -0.2) is 50.3 Å². The fourth-order valence-corrected chi connectivity index (χ4v) is 3.47. The van der Waals surface area contributed by atoms with Crippen molar-refractivity contribution in [2.24, 2.45) is 5.73 Å². The van der Waals surface area contributed by atoms with Gasteiger partial charge in [0, 0.05) is 36.7 Å². The Bertz CT molecular complexity index is 408. The van der Waals surface area contributed by atoms with E-state index in [9.17, 15) is 0 Å². The molecule has 0 aliphatic carbocycles. The summed E-state index contributed by atoms with van der Waals surface area (Å²) >= 11 is 2.00. The SMILES string of the molecule is COc1cccc(C(CN)N2CCSCC2)c1OC. The van der Waals surface area contributed by atoms with E-state index in [4.69, 9.17) is 15.2 Å². The molecule has 19 heavy (non-hydrogen) atoms. The predicted molar refractivity (Wildman–Crippen MR) is 80.2 cm³/mol. The zero-order valence-electron chi connectivity index (χ0n) is 11.6. The van der Waals surface area contributed by atoms with Crippen molar-refractivity contribution >= 4 is 11.8 Å². The van der Waals surface area contributed by atoms with E-state index < -0.39 is 0 Å². The summed E-state index contributed by atoms with van der Waals surface area (Å²) in [6.07, 6.45) is 0. The number of methoxy groups -OCH3 is 2. The summed E-state index contributed by atoms with van der Waals surface area (Å²) in [5, 5.41) is 0. The van der Waals surface area contributed by atoms with Crippen molar-refractivity contribution < 1.29 is 9.47 Å². The van der Waals surface area contributed by atoms with E-state index in [1.165, 1.54) is 11.5 Å². The maximum Gasteiger partial charge on any atom is 0.165 e. The zero-order chi connectivity index (χ0) is 13.7. The van der Waals surface area contributed by atoms with Crippen molar-refractivity contribution in [3.8, 4) is 11.5 Å². The van der Waals surface area contributed by atoms with Crippen LogP contribution in [0.15, 0.2) is 18.2 Å². The van der Waals surface area contributed by atoms with Gasteiger partial charge in [-0.05, 0) is 6.07 Å². The van der Waals surface area contributed by atoms with E-state index >= 15 is 0 Å². The van der Waals surface area contributed by atoms with E-state index in [-0.39, 0.29) is 6.04 Å². The Balaban J connectivity index is 2.31. The molecule has 1 aliphatic rings. The molecule has 1 aromatic rings. The summed E-state index contributed by atoms with van der Waals surface area (Å²) in [5.74, 6) is 3.91. The molecule has 0 aromatic heterocycles. The number of thioether (sulfide) groups is 1. The average Bonchev–Trinajstić information content (AvgIpc) is 2.48. The van der Waals surface area contributed by atoms with Gasteiger partial charge in [0.1, 0.15) is 0 Å². The normalized spacial score (nSPS) is 18.1. The first-order valence-corrected chi connectivity index (χ1v) is 7.70. The summed E-state index contributed by atoms with van der Waals surface area (Å²) in [6, 6.07) is 6.20. The highest BCUT2D eigenvalue weighted by molar-refractivity contribution is 7.99. The van der Waals surface area contributed by atoms with Gasteiger partial charge >= 0.3 is 0 Å². The fraction of sp³-hybridized carbons (Fsp3) is 0.571. The van der Waals surface area contributed by atoms with Crippen LogP contribution in [0.2, 0.25) is 0 Å². The smallest absolute Gasteiger partial charge is 0.165 e. The minimum atomic E-state index is 0.200. The first kappa shape index (κ1) is 14.5. The van der Waals surface area contributed by atoms with Gasteiger partial charge in [-0.25, -0.2) is 0 Å². The summed E-state index contributed by atoms with van der Waals surface area (Å²) in [5.41, 5.74) is 7.13. The lowest BCUT2D eigenvalue weighted by Gasteiger charge is -2.34. The molecule has 0 spiro atoms. The molecule has 1 fully saturated rings. The molecule has 106 valence electrons. The maximum absolute atomic E-state index is 6.01. The topological polar surface area (TPSA) is 47.7 Å². The lowest BCUT2D eigenvalue weighted by atomic mass is 10.0. The molecular weight excluding hydrogens is 260 g/mol. The average molecular weight is 282 g/mol. The van der Waals surface area contributed by atoms with Crippen LogP contribution in [0.1, 0.15) is 11.6 Å². The van der Waals surface area contributed by atoms with Crippen LogP contribution in [0.4, 0.5) is 0 Å². The summed E-state index contributed by atoms with van der Waals surface area (Å²) in [4.78, 5) is 2.44. The van der Waals surface area contributed by atoms with Gasteiger partial charge in [0.25, 0.3) is 0 Å². The first-order valence-electron chi connectivity index (χ1n) is 6.54. The second-order valence-electron chi connectivity index (χ2n) is 4.48. The van der Waals surface area contributed by atoms with Gasteiger partial charge in [-0.15, -0.1) is 0 Å². The molecule has 1 unspecified atom stereocenters. The van der Waals surface area contributed by atoms with Crippen LogP contribution in [-0.2, 0) is 0 Å². The predicted octanol–water partition coefficient (Wildman–Crippen LogP) is 1.75. The highest BCUT2D eigenvalue weighted by Crippen LogP contribution is 2.37. The van der Waals surface area contributed by atoms with Crippen molar-refractivity contribution in [3.63, 3.8) is 0 Å². The van der Waals surface area contributed by atoms with E-state index in [1.807, 2.05) is 23.9 Å². The first-order chi connectivity index (χ1) is 9.31. The highest BCUT2D eigenvalue weighted by Gasteiger charge is 2.25. The molecule has 1 heterocycles. The van der Waals surface area contributed by atoms with Crippen molar-refractivity contribution in [3.05, 3.63) is 23.8 Å². The largest absolute Gasteiger partial charge is 0.493 e. The van der Waals surface area contributed by atoms with Crippen LogP contribution >= 0.6 is 11.8 Å². The lowest BCUT2D eigenvalue weighted by molar-refractivity contribution is 0.217. The number of nitrogens with zero attached hydrogens (tertiary/aromatic N) is 1. The molecule has 0 saturated carbocycles. The second-order valence-corrected chi connectivity index (χ2v) is 5.71. The molecule has 1 saturated heterocycles. The summed E-state index contributed by atoms with van der Waals surface area (Å²) < 4.78 is 10.9. The number of para-hydroxylation sites is 1. The van der Waals surface area contributed by atoms with Gasteiger partial charge < -0.3 is 15.2 Å². The van der Waals surface area contributed by atoms with Crippen molar-refractivity contribution in [1.29, 1.82) is 0 Å². The van der Waals surface area contributed by atoms with Gasteiger partial charge in [0.05, 0.1) is 20.3 Å². The lowest BCUT2D eigenvalue weighted by Crippen LogP contribution is -2.39. The Morgan fingerprint density at radius 3 is 2.58 bits per heavy atom. The molecule has 0 amide bonds. The van der Waals surface area contributed by atoms with Gasteiger partial charge in [-0.2, -0.15) is 11.8 Å². The van der Waals surface area contributed by atoms with Crippen LogP contribution in [0.3, 0.4) is 0 Å². The minimum absolute atomic E-state index is 0.200. The number of rotatable bonds is 5. The Hall–Kier alpha value is -0.910. The third-order valence-electron chi connectivity index (χ3n) is 3.50. The Morgan fingerprint density at radius 1 is 1.26 bits per heavy atom. The zero-order valence-corrected chi connectivity index (χ0v) is 12.4. The van der Waals surface area contributed by atoms with Crippen molar-refractivity contribution in [1.82, 2.24) is 4.90 Å². The maximum atomic E-state index is 6.01. The molecule has 2 N–H and O–H groups in total. The molecule has 5 heteroatoms. The molecule has 1 aliphatic heterocycles. The van der Waals surface area contributed by atoms with Crippen LogP contribution in [0, 0.1) is 0 Å². The van der Waals surface area contributed by atoms with Crippen molar-refractivity contribution in [2.75, 3.05) is 45.4 Å². The standard InChI is InChI=1S/C14H22N2O2S/c1-17-13-5-3-4-11(14(13)18-2)12(10-15)16-6-8-19-9-7-16/h3-5,12H,6-10,15H2,1-2H3. The number of ether oxygens (including phenoxy) is 2. The second kappa shape index (κ2) is 7.03. The fourth-order valence-electron chi connectivity index (χ4n) is 2.54. The van der Waals surface area contributed by atoms with Crippen LogP contribution in [0.5, 0.6) is 11.5 Å². The van der Waals surface area contributed by atoms with Crippen molar-refractivity contribution in [2.45, 2.75) is 6.04 Å². The number of hydrogen-bond acceptors (Lipinski definition) is 5. The Morgan fingerprint density at radius 2 is 2.00 bits per heavy atom. The summed E-state index contributed by atoms with van der Waals surface area (Å²) in [6.45, 7) is 2.74. The molecule has 1 atom stereocenters. The number of benzene rings is 1. The number of nitrogens with two attached hydrogens (primary N) is 1. The molecule has 0 bridgehead atoms. The monoisotopic (exact) mass is 282 g/mol. The minimum Gasteiger partial charge on any atom is -0.493 e. The van der Waals surface area contributed by atoms with E-state index in [1.54, 1.807) is 14.2 Å². The molecule has 1 aromatic carbocycles. The van der Waals surface area contributed by atoms with Crippen LogP contribution in [0.25, 0.3) is 0 Å². The molecule has 2 rings (SSSR count). The highest BCUT2D eigenvalue weighted by atomic mass is 32.2. The van der Waals surface area contributed by atoms with Gasteiger partial charge in [-0.1, -0.05) is 12.1 Å². The van der Waals surface area contributed by atoms with Gasteiger partial charge in [-0.3, -0.25) is 4.90 Å². The third-order valence-corrected chi connectivity index (χ3v) is 4.44. The Kier molecular flexibility index (Phi) is 5.36. The van der Waals surface area contributed by atoms with E-state index in [0.29, 0.717) is 6.54 Å². The Labute approximate surface area is 119 Å². The van der Waals surface area contributed by atoms with E-state index in [2.05, 4.69) is 11.0 Å². The third kappa shape index (κ3) is 3.16. The summed E-state index contributed by atoms with van der Waals surface area (Å²) in [7, 11) is 3.34. The van der Waals surface area contributed by atoms with Gasteiger partial charge in [0.2, 0.25) is 0 Å². The van der Waals surface area contributed by atoms with Gasteiger partial charge in [0.15, 0.2) is 11.5 Å². The molecule has 0 radical (unpaired) electrons. The van der Waals surface area contributed by atoms with E-state index in [0.717, 1.165) is 30.2 Å². The quantitative estimate of drug-likeness (QED) is 0.891.